The molecule has 5 nitrogen and oxygen atoms in total. The number of nitrogens with one attached hydrogen (secondary N) is 1. The normalized spacial score (nSPS) is 9.14. The van der Waals surface area contributed by atoms with Gasteiger partial charge in [-0.1, -0.05) is 43.7 Å². The van der Waals surface area contributed by atoms with Crippen LogP contribution in [0.5, 0.6) is 0 Å². The number of alkyl carbamates (subject to hydrolysis) is 1. The average molecular weight is 295 g/mol. The SMILES string of the molecule is CC.CC(=O)OCCCOC(=O)NCc1cccc(C)c1. The quantitative estimate of drug-likeness (QED) is 0.646. The number of carbonyl (C=O) groups is 2. The van der Waals surface area contributed by atoms with Crippen LogP contribution in [-0.2, 0) is 20.8 Å². The molecule has 0 spiro atoms. The maximum Gasteiger partial charge on any atom is 0.407 e. The van der Waals surface area contributed by atoms with Gasteiger partial charge in [0.25, 0.3) is 0 Å². The highest BCUT2D eigenvalue weighted by Gasteiger charge is 2.02. The van der Waals surface area contributed by atoms with Crippen LogP contribution in [0.4, 0.5) is 4.79 Å². The van der Waals surface area contributed by atoms with Gasteiger partial charge in [-0.2, -0.15) is 0 Å². The van der Waals surface area contributed by atoms with Crippen molar-refractivity contribution in [2.45, 2.75) is 40.7 Å². The van der Waals surface area contributed by atoms with Crippen molar-refractivity contribution in [2.24, 2.45) is 0 Å². The van der Waals surface area contributed by atoms with Crippen LogP contribution in [0.1, 0.15) is 38.3 Å². The second kappa shape index (κ2) is 11.8. The fourth-order valence-corrected chi connectivity index (χ4v) is 1.49. The second-order valence-corrected chi connectivity index (χ2v) is 4.17. The Kier molecular flexibility index (Phi) is 10.6. The van der Waals surface area contributed by atoms with Crippen LogP contribution in [0.3, 0.4) is 0 Å². The lowest BCUT2D eigenvalue weighted by molar-refractivity contribution is -0.141. The molecule has 0 aliphatic rings. The molecule has 1 N–H and O–H groups in total. The zero-order valence-electron chi connectivity index (χ0n) is 13.3. The largest absolute Gasteiger partial charge is 0.466 e. The lowest BCUT2D eigenvalue weighted by atomic mass is 10.1. The molecular formula is C16H25NO4. The molecule has 0 aliphatic heterocycles. The molecule has 1 aromatic rings. The number of carbonyl (C=O) groups excluding carboxylic acids is 2. The molecule has 1 rings (SSSR count). The van der Waals surface area contributed by atoms with Crippen molar-refractivity contribution in [1.82, 2.24) is 5.32 Å². The van der Waals surface area contributed by atoms with Gasteiger partial charge >= 0.3 is 12.1 Å². The molecule has 21 heavy (non-hydrogen) atoms. The van der Waals surface area contributed by atoms with E-state index < -0.39 is 6.09 Å². The summed E-state index contributed by atoms with van der Waals surface area (Å²) in [6, 6.07) is 7.88. The Hall–Kier alpha value is -2.04. The third-order valence-electron chi connectivity index (χ3n) is 2.35. The molecular weight excluding hydrogens is 270 g/mol. The van der Waals surface area contributed by atoms with Crippen molar-refractivity contribution < 1.29 is 19.1 Å². The van der Waals surface area contributed by atoms with Gasteiger partial charge in [-0.05, 0) is 12.5 Å². The number of benzene rings is 1. The minimum Gasteiger partial charge on any atom is -0.466 e. The summed E-state index contributed by atoms with van der Waals surface area (Å²) in [5.74, 6) is -0.330. The molecule has 0 aromatic heterocycles. The Morgan fingerprint density at radius 1 is 1.14 bits per heavy atom. The Balaban J connectivity index is 0.00000191. The minimum absolute atomic E-state index is 0.229. The van der Waals surface area contributed by atoms with E-state index in [-0.39, 0.29) is 19.2 Å². The smallest absolute Gasteiger partial charge is 0.407 e. The molecule has 118 valence electrons. The van der Waals surface area contributed by atoms with Gasteiger partial charge in [0.2, 0.25) is 0 Å². The van der Waals surface area contributed by atoms with Crippen LogP contribution >= 0.6 is 0 Å². The van der Waals surface area contributed by atoms with Gasteiger partial charge in [-0.3, -0.25) is 4.79 Å². The summed E-state index contributed by atoms with van der Waals surface area (Å²) in [5, 5.41) is 2.66. The number of esters is 1. The molecule has 1 aromatic carbocycles. The first-order valence-corrected chi connectivity index (χ1v) is 7.17. The van der Waals surface area contributed by atoms with Crippen molar-refractivity contribution in [1.29, 1.82) is 0 Å². The molecule has 0 radical (unpaired) electrons. The van der Waals surface area contributed by atoms with Crippen molar-refractivity contribution in [3.63, 3.8) is 0 Å². The molecule has 0 atom stereocenters. The van der Waals surface area contributed by atoms with Crippen molar-refractivity contribution in [3.05, 3.63) is 35.4 Å². The van der Waals surface area contributed by atoms with Gasteiger partial charge < -0.3 is 14.8 Å². The summed E-state index contributed by atoms with van der Waals surface area (Å²) in [6.07, 6.45) is 0.0293. The zero-order chi connectivity index (χ0) is 16.1. The monoisotopic (exact) mass is 295 g/mol. The minimum atomic E-state index is -0.468. The van der Waals surface area contributed by atoms with Crippen molar-refractivity contribution in [3.8, 4) is 0 Å². The van der Waals surface area contributed by atoms with E-state index in [1.165, 1.54) is 6.92 Å². The van der Waals surface area contributed by atoms with Crippen LogP contribution in [0, 0.1) is 6.92 Å². The van der Waals surface area contributed by atoms with Gasteiger partial charge in [0.05, 0.1) is 13.2 Å². The highest BCUT2D eigenvalue weighted by atomic mass is 16.6. The standard InChI is InChI=1S/C14H19NO4.C2H6/c1-11-5-3-6-13(9-11)10-15-14(17)19-8-4-7-18-12(2)16;1-2/h3,5-6,9H,4,7-8,10H2,1-2H3,(H,15,17);1-2H3. The van der Waals surface area contributed by atoms with E-state index in [1.54, 1.807) is 0 Å². The molecule has 0 bridgehead atoms. The predicted octanol–water partition coefficient (Wildman–Crippen LogP) is 3.20. The van der Waals surface area contributed by atoms with E-state index in [0.29, 0.717) is 13.0 Å². The number of amides is 1. The summed E-state index contributed by atoms with van der Waals surface area (Å²) >= 11 is 0. The summed E-state index contributed by atoms with van der Waals surface area (Å²) in [6.45, 7) is 8.27. The number of aryl methyl sites for hydroxylation is 1. The highest BCUT2D eigenvalue weighted by Crippen LogP contribution is 2.03. The molecule has 0 unspecified atom stereocenters. The first-order valence-electron chi connectivity index (χ1n) is 7.17. The first kappa shape index (κ1) is 19.0. The maximum atomic E-state index is 11.4. The Morgan fingerprint density at radius 2 is 1.81 bits per heavy atom. The third kappa shape index (κ3) is 10.4. The summed E-state index contributed by atoms with van der Waals surface area (Å²) < 4.78 is 9.65. The number of rotatable bonds is 6. The second-order valence-electron chi connectivity index (χ2n) is 4.17. The van der Waals surface area contributed by atoms with E-state index in [2.05, 4.69) is 5.32 Å². The average Bonchev–Trinajstić information content (AvgIpc) is 2.46. The lowest BCUT2D eigenvalue weighted by Crippen LogP contribution is -2.24. The number of ether oxygens (including phenoxy) is 2. The third-order valence-corrected chi connectivity index (χ3v) is 2.35. The summed E-state index contributed by atoms with van der Waals surface area (Å²) in [4.78, 5) is 21.8. The molecule has 0 aliphatic carbocycles. The number of hydrogen-bond donors (Lipinski definition) is 1. The zero-order valence-corrected chi connectivity index (χ0v) is 13.3. The van der Waals surface area contributed by atoms with Crippen LogP contribution in [0.2, 0.25) is 0 Å². The fourth-order valence-electron chi connectivity index (χ4n) is 1.49. The Labute approximate surface area is 126 Å². The van der Waals surface area contributed by atoms with Gasteiger partial charge in [0.1, 0.15) is 0 Å². The van der Waals surface area contributed by atoms with Crippen LogP contribution < -0.4 is 5.32 Å². The van der Waals surface area contributed by atoms with Gasteiger partial charge in [0.15, 0.2) is 0 Å². The van der Waals surface area contributed by atoms with E-state index in [9.17, 15) is 9.59 Å². The van der Waals surface area contributed by atoms with Crippen molar-refractivity contribution in [2.75, 3.05) is 13.2 Å². The Morgan fingerprint density at radius 3 is 2.43 bits per heavy atom. The molecule has 5 heteroatoms. The van der Waals surface area contributed by atoms with E-state index >= 15 is 0 Å². The summed E-state index contributed by atoms with van der Waals surface area (Å²) in [7, 11) is 0. The Bertz CT molecular complexity index is 432. The van der Waals surface area contributed by atoms with Crippen LogP contribution in [0.25, 0.3) is 0 Å². The van der Waals surface area contributed by atoms with E-state index in [4.69, 9.17) is 9.47 Å². The van der Waals surface area contributed by atoms with Crippen molar-refractivity contribution >= 4 is 12.1 Å². The highest BCUT2D eigenvalue weighted by molar-refractivity contribution is 5.67. The molecule has 0 saturated heterocycles. The van der Waals surface area contributed by atoms with Crippen LogP contribution in [-0.4, -0.2) is 25.3 Å². The maximum absolute atomic E-state index is 11.4. The first-order chi connectivity index (χ1) is 10.1. The van der Waals surface area contributed by atoms with Gasteiger partial charge in [-0.15, -0.1) is 0 Å². The molecule has 0 saturated carbocycles. The van der Waals surface area contributed by atoms with Gasteiger partial charge in [0, 0.05) is 19.9 Å². The molecule has 1 amide bonds. The van der Waals surface area contributed by atoms with Gasteiger partial charge in [-0.25, -0.2) is 4.79 Å². The fraction of sp³-hybridized carbons (Fsp3) is 0.500. The summed E-state index contributed by atoms with van der Waals surface area (Å²) in [5.41, 5.74) is 2.17. The topological polar surface area (TPSA) is 64.6 Å². The van der Waals surface area contributed by atoms with E-state index in [0.717, 1.165) is 11.1 Å². The predicted molar refractivity (Wildman–Crippen MR) is 82.0 cm³/mol. The molecule has 0 fully saturated rings. The number of hydrogen-bond acceptors (Lipinski definition) is 4. The van der Waals surface area contributed by atoms with E-state index in [1.807, 2.05) is 45.0 Å². The lowest BCUT2D eigenvalue weighted by Gasteiger charge is -2.07. The van der Waals surface area contributed by atoms with Crippen LogP contribution in [0.15, 0.2) is 24.3 Å². The molecule has 0 heterocycles.